The Labute approximate surface area is 165 Å². The fourth-order valence-corrected chi connectivity index (χ4v) is 3.71. The van der Waals surface area contributed by atoms with Crippen molar-refractivity contribution in [3.05, 3.63) is 76.9 Å². The first kappa shape index (κ1) is 18.3. The quantitative estimate of drug-likeness (QED) is 0.685. The maximum atomic E-state index is 13.5. The van der Waals surface area contributed by atoms with Gasteiger partial charge >= 0.3 is 0 Å². The van der Waals surface area contributed by atoms with Crippen LogP contribution in [0.4, 0.5) is 0 Å². The maximum Gasteiger partial charge on any atom is 0.272 e. The van der Waals surface area contributed by atoms with Gasteiger partial charge in [-0.05, 0) is 51.0 Å². The molecule has 6 heteroatoms. The number of carbonyl (C=O) groups is 1. The standard InChI is InChI=1S/C22H25N5O/c1-16-7-5-9-18(24-16)14-26(15-19-10-6-8-17(2)25-19)22(28)20-13-23-21-11-3-4-12-27(20)21/h5-10,13H,3-4,11-12,14-15H2,1-2H3. The number of amides is 1. The van der Waals surface area contributed by atoms with Gasteiger partial charge in [0, 0.05) is 24.4 Å². The third-order valence-corrected chi connectivity index (χ3v) is 5.07. The molecule has 6 nitrogen and oxygen atoms in total. The lowest BCUT2D eigenvalue weighted by Gasteiger charge is -2.24. The van der Waals surface area contributed by atoms with Crippen LogP contribution in [0.25, 0.3) is 0 Å². The summed E-state index contributed by atoms with van der Waals surface area (Å²) in [7, 11) is 0. The molecule has 0 spiro atoms. The van der Waals surface area contributed by atoms with Crippen LogP contribution in [0.15, 0.2) is 42.6 Å². The van der Waals surface area contributed by atoms with Crippen LogP contribution in [0.5, 0.6) is 0 Å². The third-order valence-electron chi connectivity index (χ3n) is 5.07. The van der Waals surface area contributed by atoms with E-state index in [0.29, 0.717) is 18.8 Å². The minimum absolute atomic E-state index is 0.0211. The van der Waals surface area contributed by atoms with Crippen molar-refractivity contribution < 1.29 is 4.79 Å². The van der Waals surface area contributed by atoms with E-state index in [9.17, 15) is 4.79 Å². The Balaban J connectivity index is 1.65. The average Bonchev–Trinajstić information content (AvgIpc) is 3.11. The Morgan fingerprint density at radius 2 is 1.64 bits per heavy atom. The largest absolute Gasteiger partial charge is 0.326 e. The smallest absolute Gasteiger partial charge is 0.272 e. The number of aryl methyl sites for hydroxylation is 3. The molecule has 144 valence electrons. The number of carbonyl (C=O) groups excluding carboxylic acids is 1. The number of imidazole rings is 1. The Kier molecular flexibility index (Phi) is 5.19. The molecule has 1 aliphatic rings. The molecule has 0 fully saturated rings. The van der Waals surface area contributed by atoms with Crippen molar-refractivity contribution in [2.45, 2.75) is 52.7 Å². The lowest BCUT2D eigenvalue weighted by atomic mass is 10.1. The van der Waals surface area contributed by atoms with Crippen molar-refractivity contribution in [3.63, 3.8) is 0 Å². The van der Waals surface area contributed by atoms with Crippen molar-refractivity contribution >= 4 is 5.91 Å². The van der Waals surface area contributed by atoms with Crippen LogP contribution in [0.3, 0.4) is 0 Å². The van der Waals surface area contributed by atoms with E-state index < -0.39 is 0 Å². The highest BCUT2D eigenvalue weighted by molar-refractivity contribution is 5.92. The fraction of sp³-hybridized carbons (Fsp3) is 0.364. The first-order valence-electron chi connectivity index (χ1n) is 9.79. The summed E-state index contributed by atoms with van der Waals surface area (Å²) < 4.78 is 2.08. The van der Waals surface area contributed by atoms with Crippen LogP contribution in [-0.4, -0.2) is 30.3 Å². The molecular weight excluding hydrogens is 350 g/mol. The number of hydrogen-bond donors (Lipinski definition) is 0. The Bertz CT molecular complexity index is 947. The van der Waals surface area contributed by atoms with E-state index in [4.69, 9.17) is 0 Å². The van der Waals surface area contributed by atoms with E-state index in [1.165, 1.54) is 0 Å². The van der Waals surface area contributed by atoms with Crippen molar-refractivity contribution in [1.29, 1.82) is 0 Å². The molecule has 0 unspecified atom stereocenters. The van der Waals surface area contributed by atoms with Gasteiger partial charge in [0.05, 0.1) is 30.7 Å². The van der Waals surface area contributed by atoms with Gasteiger partial charge in [-0.15, -0.1) is 0 Å². The van der Waals surface area contributed by atoms with Gasteiger partial charge in [-0.25, -0.2) is 4.98 Å². The second-order valence-corrected chi connectivity index (χ2v) is 7.37. The predicted octanol–water partition coefficient (Wildman–Crippen LogP) is 3.47. The monoisotopic (exact) mass is 375 g/mol. The zero-order valence-corrected chi connectivity index (χ0v) is 16.4. The predicted molar refractivity (Wildman–Crippen MR) is 107 cm³/mol. The highest BCUT2D eigenvalue weighted by atomic mass is 16.2. The summed E-state index contributed by atoms with van der Waals surface area (Å²) in [5.41, 5.74) is 4.30. The lowest BCUT2D eigenvalue weighted by molar-refractivity contribution is 0.0713. The topological polar surface area (TPSA) is 63.9 Å². The molecule has 0 aromatic carbocycles. The molecular formula is C22H25N5O. The van der Waals surface area contributed by atoms with E-state index >= 15 is 0 Å². The zero-order chi connectivity index (χ0) is 19.5. The summed E-state index contributed by atoms with van der Waals surface area (Å²) in [5, 5.41) is 0. The summed E-state index contributed by atoms with van der Waals surface area (Å²) in [5.74, 6) is 0.990. The van der Waals surface area contributed by atoms with Gasteiger partial charge in [-0.2, -0.15) is 0 Å². The lowest BCUT2D eigenvalue weighted by Crippen LogP contribution is -2.33. The molecule has 0 saturated carbocycles. The number of rotatable bonds is 5. The summed E-state index contributed by atoms with van der Waals surface area (Å²) in [6, 6.07) is 11.8. The van der Waals surface area contributed by atoms with E-state index in [2.05, 4.69) is 19.5 Å². The van der Waals surface area contributed by atoms with Gasteiger partial charge in [-0.3, -0.25) is 14.8 Å². The van der Waals surface area contributed by atoms with Gasteiger partial charge in [0.1, 0.15) is 11.5 Å². The van der Waals surface area contributed by atoms with Crippen molar-refractivity contribution in [1.82, 2.24) is 24.4 Å². The van der Waals surface area contributed by atoms with Crippen LogP contribution in [0.2, 0.25) is 0 Å². The molecule has 0 N–H and O–H groups in total. The first-order valence-corrected chi connectivity index (χ1v) is 9.79. The van der Waals surface area contributed by atoms with Gasteiger partial charge in [0.15, 0.2) is 0 Å². The van der Waals surface area contributed by atoms with Crippen LogP contribution in [-0.2, 0) is 26.1 Å². The Morgan fingerprint density at radius 3 is 2.25 bits per heavy atom. The molecule has 0 saturated heterocycles. The van der Waals surface area contributed by atoms with E-state index in [-0.39, 0.29) is 5.91 Å². The molecule has 28 heavy (non-hydrogen) atoms. The highest BCUT2D eigenvalue weighted by Gasteiger charge is 2.24. The molecule has 1 aliphatic heterocycles. The number of fused-ring (bicyclic) bond motifs is 1. The van der Waals surface area contributed by atoms with E-state index in [1.807, 2.05) is 55.1 Å². The fourth-order valence-electron chi connectivity index (χ4n) is 3.71. The number of pyridine rings is 2. The molecule has 0 aliphatic carbocycles. The van der Waals surface area contributed by atoms with Crippen molar-refractivity contribution in [2.24, 2.45) is 0 Å². The number of hydrogen-bond acceptors (Lipinski definition) is 4. The molecule has 3 aromatic heterocycles. The molecule has 0 radical (unpaired) electrons. The van der Waals surface area contributed by atoms with Gasteiger partial charge in [-0.1, -0.05) is 12.1 Å². The first-order chi connectivity index (χ1) is 13.6. The summed E-state index contributed by atoms with van der Waals surface area (Å²) in [6.07, 6.45) is 4.88. The second-order valence-electron chi connectivity index (χ2n) is 7.37. The van der Waals surface area contributed by atoms with Crippen molar-refractivity contribution in [2.75, 3.05) is 0 Å². The average molecular weight is 375 g/mol. The van der Waals surface area contributed by atoms with E-state index in [0.717, 1.165) is 54.4 Å². The van der Waals surface area contributed by atoms with Gasteiger partial charge in [0.2, 0.25) is 0 Å². The minimum atomic E-state index is -0.0211. The van der Waals surface area contributed by atoms with Crippen LogP contribution >= 0.6 is 0 Å². The highest BCUT2D eigenvalue weighted by Crippen LogP contribution is 2.19. The molecule has 0 bridgehead atoms. The number of aromatic nitrogens is 4. The van der Waals surface area contributed by atoms with E-state index in [1.54, 1.807) is 6.20 Å². The Morgan fingerprint density at radius 1 is 1.00 bits per heavy atom. The van der Waals surface area contributed by atoms with Crippen LogP contribution < -0.4 is 0 Å². The third kappa shape index (κ3) is 3.96. The second kappa shape index (κ2) is 7.92. The van der Waals surface area contributed by atoms with Crippen LogP contribution in [0, 0.1) is 13.8 Å². The van der Waals surface area contributed by atoms with Crippen LogP contribution in [0.1, 0.15) is 51.9 Å². The SMILES string of the molecule is Cc1cccc(CN(Cc2cccc(C)n2)C(=O)c2cnc3n2CCCC3)n1. The molecule has 0 atom stereocenters. The van der Waals surface area contributed by atoms with Gasteiger partial charge < -0.3 is 9.47 Å². The van der Waals surface area contributed by atoms with Gasteiger partial charge in [0.25, 0.3) is 5.91 Å². The Hall–Kier alpha value is -3.02. The normalized spacial score (nSPS) is 13.2. The molecule has 3 aromatic rings. The zero-order valence-electron chi connectivity index (χ0n) is 16.4. The minimum Gasteiger partial charge on any atom is -0.326 e. The summed E-state index contributed by atoms with van der Waals surface area (Å²) in [6.45, 7) is 5.67. The van der Waals surface area contributed by atoms with Crippen molar-refractivity contribution in [3.8, 4) is 0 Å². The summed E-state index contributed by atoms with van der Waals surface area (Å²) >= 11 is 0. The molecule has 4 rings (SSSR count). The molecule has 1 amide bonds. The summed E-state index contributed by atoms with van der Waals surface area (Å²) in [4.78, 5) is 28.9. The maximum absolute atomic E-state index is 13.5. The number of nitrogens with zero attached hydrogens (tertiary/aromatic N) is 5. The molecule has 4 heterocycles.